The van der Waals surface area contributed by atoms with Crippen molar-refractivity contribution in [3.05, 3.63) is 95.2 Å². The van der Waals surface area contributed by atoms with Gasteiger partial charge in [0.25, 0.3) is 0 Å². The third-order valence-electron chi connectivity index (χ3n) is 5.18. The smallest absolute Gasteiger partial charge is 0.343 e. The van der Waals surface area contributed by atoms with E-state index in [9.17, 15) is 9.59 Å². The predicted molar refractivity (Wildman–Crippen MR) is 121 cm³/mol. The highest BCUT2D eigenvalue weighted by Crippen LogP contribution is 2.35. The first-order chi connectivity index (χ1) is 15.1. The fourth-order valence-corrected chi connectivity index (χ4v) is 3.49. The SMILES string of the molecule is CCN(CC)c1ccc(/C=C2\Oc3cc(OC(=O)c4ccccc4)ccc3C2=O)cc1. The van der Waals surface area contributed by atoms with E-state index in [1.807, 2.05) is 30.3 Å². The van der Waals surface area contributed by atoms with E-state index in [1.165, 1.54) is 0 Å². The Kier molecular flexibility index (Phi) is 5.85. The van der Waals surface area contributed by atoms with Crippen molar-refractivity contribution in [1.82, 2.24) is 0 Å². The predicted octanol–water partition coefficient (Wildman–Crippen LogP) is 5.37. The Morgan fingerprint density at radius 2 is 1.68 bits per heavy atom. The molecule has 1 heterocycles. The number of nitrogens with zero attached hydrogens (tertiary/aromatic N) is 1. The van der Waals surface area contributed by atoms with Crippen LogP contribution in [0.4, 0.5) is 5.69 Å². The monoisotopic (exact) mass is 413 g/mol. The fourth-order valence-electron chi connectivity index (χ4n) is 3.49. The van der Waals surface area contributed by atoms with Crippen LogP contribution >= 0.6 is 0 Å². The van der Waals surface area contributed by atoms with Gasteiger partial charge in [0.2, 0.25) is 5.78 Å². The Labute approximate surface area is 181 Å². The van der Waals surface area contributed by atoms with Crippen LogP contribution in [-0.2, 0) is 0 Å². The molecule has 0 aromatic heterocycles. The molecular weight excluding hydrogens is 390 g/mol. The number of ketones is 1. The molecule has 5 nitrogen and oxygen atoms in total. The minimum Gasteiger partial charge on any atom is -0.452 e. The molecule has 31 heavy (non-hydrogen) atoms. The van der Waals surface area contributed by atoms with Crippen LogP contribution in [0.5, 0.6) is 11.5 Å². The van der Waals surface area contributed by atoms with Gasteiger partial charge in [-0.15, -0.1) is 0 Å². The molecule has 4 rings (SSSR count). The van der Waals surface area contributed by atoms with E-state index in [-0.39, 0.29) is 11.5 Å². The first kappa shape index (κ1) is 20.4. The Hall–Kier alpha value is -3.86. The number of carbonyl (C=O) groups excluding carboxylic acids is 2. The number of anilines is 1. The molecule has 0 saturated carbocycles. The fraction of sp³-hybridized carbons (Fsp3) is 0.154. The molecule has 1 aliphatic rings. The minimum atomic E-state index is -0.464. The summed E-state index contributed by atoms with van der Waals surface area (Å²) < 4.78 is 11.2. The second-order valence-electron chi connectivity index (χ2n) is 7.12. The summed E-state index contributed by atoms with van der Waals surface area (Å²) in [6.45, 7) is 6.11. The summed E-state index contributed by atoms with van der Waals surface area (Å²) in [6.07, 6.45) is 1.73. The van der Waals surface area contributed by atoms with Gasteiger partial charge in [0.15, 0.2) is 5.76 Å². The van der Waals surface area contributed by atoms with Gasteiger partial charge in [0.05, 0.1) is 11.1 Å². The van der Waals surface area contributed by atoms with E-state index in [0.717, 1.165) is 24.3 Å². The normalized spacial score (nSPS) is 13.6. The number of fused-ring (bicyclic) bond motifs is 1. The molecule has 3 aromatic rings. The van der Waals surface area contributed by atoms with Gasteiger partial charge in [-0.05, 0) is 61.9 Å². The Morgan fingerprint density at radius 3 is 2.35 bits per heavy atom. The van der Waals surface area contributed by atoms with Crippen molar-refractivity contribution in [3.63, 3.8) is 0 Å². The number of allylic oxidation sites excluding steroid dienone is 1. The summed E-state index contributed by atoms with van der Waals surface area (Å²) in [5.41, 5.74) is 2.92. The quantitative estimate of drug-likeness (QED) is 0.309. The lowest BCUT2D eigenvalue weighted by Crippen LogP contribution is -2.21. The highest BCUT2D eigenvalue weighted by atomic mass is 16.5. The van der Waals surface area contributed by atoms with Crippen LogP contribution in [0.25, 0.3) is 6.08 Å². The molecule has 0 fully saturated rings. The second kappa shape index (κ2) is 8.88. The third kappa shape index (κ3) is 4.36. The molecule has 0 amide bonds. The van der Waals surface area contributed by atoms with E-state index in [2.05, 4.69) is 18.7 Å². The molecule has 0 unspecified atom stereocenters. The summed E-state index contributed by atoms with van der Waals surface area (Å²) in [5, 5.41) is 0. The molecule has 0 spiro atoms. The number of ether oxygens (including phenoxy) is 2. The second-order valence-corrected chi connectivity index (χ2v) is 7.12. The van der Waals surface area contributed by atoms with Gasteiger partial charge in [-0.1, -0.05) is 30.3 Å². The molecule has 0 aliphatic carbocycles. The lowest BCUT2D eigenvalue weighted by Gasteiger charge is -2.20. The van der Waals surface area contributed by atoms with Gasteiger partial charge in [0.1, 0.15) is 11.5 Å². The van der Waals surface area contributed by atoms with Crippen molar-refractivity contribution in [2.75, 3.05) is 18.0 Å². The van der Waals surface area contributed by atoms with Gasteiger partial charge >= 0.3 is 5.97 Å². The molecule has 0 saturated heterocycles. The summed E-state index contributed by atoms with van der Waals surface area (Å²) in [7, 11) is 0. The maximum atomic E-state index is 12.7. The molecule has 0 atom stereocenters. The molecule has 5 heteroatoms. The van der Waals surface area contributed by atoms with Gasteiger partial charge in [-0.25, -0.2) is 4.79 Å². The van der Waals surface area contributed by atoms with E-state index in [1.54, 1.807) is 48.5 Å². The van der Waals surface area contributed by atoms with Crippen LogP contribution in [0.15, 0.2) is 78.6 Å². The molecule has 156 valence electrons. The van der Waals surface area contributed by atoms with Crippen molar-refractivity contribution in [2.24, 2.45) is 0 Å². The summed E-state index contributed by atoms with van der Waals surface area (Å²) >= 11 is 0. The van der Waals surface area contributed by atoms with Crippen molar-refractivity contribution >= 4 is 23.5 Å². The number of esters is 1. The molecule has 0 bridgehead atoms. The maximum Gasteiger partial charge on any atom is 0.343 e. The van der Waals surface area contributed by atoms with E-state index >= 15 is 0 Å². The number of carbonyl (C=O) groups is 2. The highest BCUT2D eigenvalue weighted by Gasteiger charge is 2.28. The van der Waals surface area contributed by atoms with Crippen LogP contribution in [0, 0.1) is 0 Å². The Bertz CT molecular complexity index is 1130. The van der Waals surface area contributed by atoms with Gasteiger partial charge in [0, 0.05) is 24.8 Å². The Morgan fingerprint density at radius 1 is 0.968 bits per heavy atom. The average Bonchev–Trinajstić information content (AvgIpc) is 3.10. The molecular formula is C26H23NO4. The van der Waals surface area contributed by atoms with Crippen LogP contribution in [-0.4, -0.2) is 24.8 Å². The third-order valence-corrected chi connectivity index (χ3v) is 5.18. The van der Waals surface area contributed by atoms with Crippen molar-refractivity contribution in [3.8, 4) is 11.5 Å². The van der Waals surface area contributed by atoms with E-state index in [0.29, 0.717) is 22.6 Å². The van der Waals surface area contributed by atoms with Gasteiger partial charge in [-0.2, -0.15) is 0 Å². The number of benzene rings is 3. The molecule has 0 radical (unpaired) electrons. The van der Waals surface area contributed by atoms with Gasteiger partial charge < -0.3 is 14.4 Å². The number of hydrogen-bond acceptors (Lipinski definition) is 5. The zero-order chi connectivity index (χ0) is 21.8. The summed E-state index contributed by atoms with van der Waals surface area (Å²) in [6, 6.07) is 21.5. The first-order valence-electron chi connectivity index (χ1n) is 10.3. The number of Topliss-reactive ketones (excluding diaryl/α,β-unsaturated/α-hetero) is 1. The topological polar surface area (TPSA) is 55.8 Å². The van der Waals surface area contributed by atoms with E-state index in [4.69, 9.17) is 9.47 Å². The number of rotatable bonds is 6. The van der Waals surface area contributed by atoms with Crippen molar-refractivity contribution in [1.29, 1.82) is 0 Å². The Balaban J connectivity index is 1.50. The standard InChI is InChI=1S/C26H23NO4/c1-3-27(4-2)20-12-10-18(11-13-20)16-24-25(28)22-15-14-21(17-23(22)31-24)30-26(29)19-8-6-5-7-9-19/h5-17H,3-4H2,1-2H3/b24-16-. The maximum absolute atomic E-state index is 12.7. The van der Waals surface area contributed by atoms with E-state index < -0.39 is 5.97 Å². The van der Waals surface area contributed by atoms with Crippen LogP contribution in [0.1, 0.15) is 40.1 Å². The van der Waals surface area contributed by atoms with Crippen LogP contribution < -0.4 is 14.4 Å². The average molecular weight is 413 g/mol. The van der Waals surface area contributed by atoms with Crippen LogP contribution in [0.3, 0.4) is 0 Å². The molecule has 0 N–H and O–H groups in total. The molecule has 1 aliphatic heterocycles. The lowest BCUT2D eigenvalue weighted by molar-refractivity contribution is 0.0734. The molecule has 3 aromatic carbocycles. The zero-order valence-electron chi connectivity index (χ0n) is 17.5. The number of hydrogen-bond donors (Lipinski definition) is 0. The lowest BCUT2D eigenvalue weighted by atomic mass is 10.1. The highest BCUT2D eigenvalue weighted by molar-refractivity contribution is 6.14. The largest absolute Gasteiger partial charge is 0.452 e. The summed E-state index contributed by atoms with van der Waals surface area (Å²) in [5.74, 6) is 0.300. The van der Waals surface area contributed by atoms with Crippen LogP contribution in [0.2, 0.25) is 0 Å². The van der Waals surface area contributed by atoms with Gasteiger partial charge in [-0.3, -0.25) is 4.79 Å². The zero-order valence-corrected chi connectivity index (χ0v) is 17.5. The first-order valence-corrected chi connectivity index (χ1v) is 10.3. The minimum absolute atomic E-state index is 0.191. The van der Waals surface area contributed by atoms with Crippen molar-refractivity contribution < 1.29 is 19.1 Å². The summed E-state index contributed by atoms with van der Waals surface area (Å²) in [4.78, 5) is 27.2. The van der Waals surface area contributed by atoms with Crippen molar-refractivity contribution in [2.45, 2.75) is 13.8 Å².